The Labute approximate surface area is 78.8 Å². The number of halogens is 1. The highest BCUT2D eigenvalue weighted by atomic mass is 19.1. The Morgan fingerprint density at radius 1 is 1.23 bits per heavy atom. The molecule has 0 radical (unpaired) electrons. The van der Waals surface area contributed by atoms with Crippen LogP contribution >= 0.6 is 0 Å². The lowest BCUT2D eigenvalue weighted by atomic mass is 9.67. The summed E-state index contributed by atoms with van der Waals surface area (Å²) in [5.41, 5.74) is 1.77. The standard InChI is InChI=1S/C12H15F/c1-12(7-2-8-12)9-10-3-5-11(13)6-4-10/h3-6H,2,7-9H2,1H3. The second-order valence-corrected chi connectivity index (χ2v) is 4.47. The van der Waals surface area contributed by atoms with E-state index in [4.69, 9.17) is 0 Å². The smallest absolute Gasteiger partial charge is 0.123 e. The zero-order valence-electron chi connectivity index (χ0n) is 8.02. The van der Waals surface area contributed by atoms with E-state index in [2.05, 4.69) is 6.92 Å². The average Bonchev–Trinajstić information content (AvgIpc) is 2.06. The van der Waals surface area contributed by atoms with Crippen molar-refractivity contribution in [3.8, 4) is 0 Å². The van der Waals surface area contributed by atoms with E-state index in [1.807, 2.05) is 12.1 Å². The summed E-state index contributed by atoms with van der Waals surface area (Å²) in [6.07, 6.45) is 5.11. The fraction of sp³-hybridized carbons (Fsp3) is 0.500. The molecule has 1 aliphatic rings. The van der Waals surface area contributed by atoms with Gasteiger partial charge in [-0.25, -0.2) is 4.39 Å². The first-order valence-electron chi connectivity index (χ1n) is 4.92. The maximum absolute atomic E-state index is 12.6. The van der Waals surface area contributed by atoms with E-state index in [1.54, 1.807) is 12.1 Å². The van der Waals surface area contributed by atoms with Gasteiger partial charge in [0.05, 0.1) is 0 Å². The second-order valence-electron chi connectivity index (χ2n) is 4.47. The highest BCUT2D eigenvalue weighted by molar-refractivity contribution is 5.18. The van der Waals surface area contributed by atoms with E-state index >= 15 is 0 Å². The van der Waals surface area contributed by atoms with Crippen LogP contribution in [0.3, 0.4) is 0 Å². The largest absolute Gasteiger partial charge is 0.207 e. The quantitative estimate of drug-likeness (QED) is 0.649. The molecule has 0 aromatic heterocycles. The SMILES string of the molecule is CC1(Cc2ccc(F)cc2)CCC1. The molecule has 1 aromatic rings. The molecule has 70 valence electrons. The third kappa shape index (κ3) is 1.90. The van der Waals surface area contributed by atoms with Crippen LogP contribution < -0.4 is 0 Å². The number of hydrogen-bond donors (Lipinski definition) is 0. The van der Waals surface area contributed by atoms with Gasteiger partial charge >= 0.3 is 0 Å². The Hall–Kier alpha value is -0.850. The molecule has 1 aromatic carbocycles. The van der Waals surface area contributed by atoms with Crippen molar-refractivity contribution in [2.75, 3.05) is 0 Å². The van der Waals surface area contributed by atoms with E-state index in [1.165, 1.54) is 24.8 Å². The molecule has 1 heteroatoms. The molecule has 1 saturated carbocycles. The zero-order chi connectivity index (χ0) is 9.31. The fourth-order valence-electron chi connectivity index (χ4n) is 2.05. The summed E-state index contributed by atoms with van der Waals surface area (Å²) >= 11 is 0. The molecule has 0 amide bonds. The lowest BCUT2D eigenvalue weighted by Crippen LogP contribution is -2.27. The van der Waals surface area contributed by atoms with Crippen molar-refractivity contribution in [2.24, 2.45) is 5.41 Å². The molecule has 2 rings (SSSR count). The Bertz CT molecular complexity index is 282. The monoisotopic (exact) mass is 178 g/mol. The maximum Gasteiger partial charge on any atom is 0.123 e. The van der Waals surface area contributed by atoms with Crippen LogP contribution in [0.2, 0.25) is 0 Å². The van der Waals surface area contributed by atoms with Crippen molar-refractivity contribution in [3.63, 3.8) is 0 Å². The Kier molecular flexibility index (Phi) is 2.10. The van der Waals surface area contributed by atoms with Crippen molar-refractivity contribution in [1.82, 2.24) is 0 Å². The highest BCUT2D eigenvalue weighted by Crippen LogP contribution is 2.42. The molecule has 0 bridgehead atoms. The van der Waals surface area contributed by atoms with Gasteiger partial charge in [-0.3, -0.25) is 0 Å². The van der Waals surface area contributed by atoms with Crippen molar-refractivity contribution >= 4 is 0 Å². The summed E-state index contributed by atoms with van der Waals surface area (Å²) in [5.74, 6) is -0.137. The van der Waals surface area contributed by atoms with Crippen LogP contribution in [0.25, 0.3) is 0 Å². The summed E-state index contributed by atoms with van der Waals surface area (Å²) in [7, 11) is 0. The highest BCUT2D eigenvalue weighted by Gasteiger charge is 2.31. The Morgan fingerprint density at radius 2 is 1.85 bits per heavy atom. The van der Waals surface area contributed by atoms with Gasteiger partial charge in [0.1, 0.15) is 5.82 Å². The van der Waals surface area contributed by atoms with E-state index in [-0.39, 0.29) is 5.82 Å². The topological polar surface area (TPSA) is 0 Å². The molecular weight excluding hydrogens is 163 g/mol. The molecule has 0 unspecified atom stereocenters. The van der Waals surface area contributed by atoms with Crippen molar-refractivity contribution in [1.29, 1.82) is 0 Å². The number of hydrogen-bond acceptors (Lipinski definition) is 0. The molecule has 0 atom stereocenters. The van der Waals surface area contributed by atoms with E-state index in [0.717, 1.165) is 6.42 Å². The number of rotatable bonds is 2. The first-order chi connectivity index (χ1) is 6.18. The Morgan fingerprint density at radius 3 is 2.31 bits per heavy atom. The molecule has 0 aliphatic heterocycles. The van der Waals surface area contributed by atoms with Gasteiger partial charge in [-0.05, 0) is 42.4 Å². The minimum Gasteiger partial charge on any atom is -0.207 e. The van der Waals surface area contributed by atoms with E-state index in [9.17, 15) is 4.39 Å². The van der Waals surface area contributed by atoms with Crippen molar-refractivity contribution < 1.29 is 4.39 Å². The summed E-state index contributed by atoms with van der Waals surface area (Å²) in [5, 5.41) is 0. The summed E-state index contributed by atoms with van der Waals surface area (Å²) in [6, 6.07) is 6.91. The third-order valence-electron chi connectivity index (χ3n) is 3.10. The molecule has 1 fully saturated rings. The van der Waals surface area contributed by atoms with E-state index in [0.29, 0.717) is 5.41 Å². The maximum atomic E-state index is 12.6. The zero-order valence-corrected chi connectivity index (χ0v) is 8.02. The van der Waals surface area contributed by atoms with Gasteiger partial charge in [-0.2, -0.15) is 0 Å². The molecule has 1 aliphatic carbocycles. The first kappa shape index (κ1) is 8.74. The molecule has 0 nitrogen and oxygen atoms in total. The fourth-order valence-corrected chi connectivity index (χ4v) is 2.05. The van der Waals surface area contributed by atoms with Gasteiger partial charge in [0.25, 0.3) is 0 Å². The van der Waals surface area contributed by atoms with Crippen LogP contribution in [0.1, 0.15) is 31.7 Å². The van der Waals surface area contributed by atoms with Gasteiger partial charge < -0.3 is 0 Å². The molecule has 0 heterocycles. The average molecular weight is 178 g/mol. The van der Waals surface area contributed by atoms with Crippen molar-refractivity contribution in [3.05, 3.63) is 35.6 Å². The molecule has 0 spiro atoms. The first-order valence-corrected chi connectivity index (χ1v) is 4.92. The van der Waals surface area contributed by atoms with E-state index < -0.39 is 0 Å². The van der Waals surface area contributed by atoms with Crippen molar-refractivity contribution in [2.45, 2.75) is 32.6 Å². The van der Waals surface area contributed by atoms with Crippen LogP contribution in [-0.2, 0) is 6.42 Å². The van der Waals surface area contributed by atoms with Crippen LogP contribution in [-0.4, -0.2) is 0 Å². The van der Waals surface area contributed by atoms with Gasteiger partial charge in [0, 0.05) is 0 Å². The third-order valence-corrected chi connectivity index (χ3v) is 3.10. The van der Waals surface area contributed by atoms with Crippen LogP contribution in [0.4, 0.5) is 4.39 Å². The molecule has 0 N–H and O–H groups in total. The second kappa shape index (κ2) is 3.13. The summed E-state index contributed by atoms with van der Waals surface area (Å²) < 4.78 is 12.6. The predicted octanol–water partition coefficient (Wildman–Crippen LogP) is 3.56. The summed E-state index contributed by atoms with van der Waals surface area (Å²) in [6.45, 7) is 2.32. The molecule has 0 saturated heterocycles. The summed E-state index contributed by atoms with van der Waals surface area (Å²) in [4.78, 5) is 0. The lowest BCUT2D eigenvalue weighted by Gasteiger charge is -2.38. The molecule has 13 heavy (non-hydrogen) atoms. The van der Waals surface area contributed by atoms with Gasteiger partial charge in [0.15, 0.2) is 0 Å². The van der Waals surface area contributed by atoms with Gasteiger partial charge in [-0.15, -0.1) is 0 Å². The number of benzene rings is 1. The normalized spacial score (nSPS) is 19.5. The predicted molar refractivity (Wildman–Crippen MR) is 52.1 cm³/mol. The minimum atomic E-state index is -0.137. The van der Waals surface area contributed by atoms with Gasteiger partial charge in [-0.1, -0.05) is 25.5 Å². The van der Waals surface area contributed by atoms with Crippen LogP contribution in [0.5, 0.6) is 0 Å². The van der Waals surface area contributed by atoms with Crippen LogP contribution in [0, 0.1) is 11.2 Å². The van der Waals surface area contributed by atoms with Crippen LogP contribution in [0.15, 0.2) is 24.3 Å². The molecular formula is C12H15F. The lowest BCUT2D eigenvalue weighted by molar-refractivity contribution is 0.161. The minimum absolute atomic E-state index is 0.137. The van der Waals surface area contributed by atoms with Gasteiger partial charge in [0.2, 0.25) is 0 Å². The Balaban J connectivity index is 2.05.